The summed E-state index contributed by atoms with van der Waals surface area (Å²) in [5.41, 5.74) is 3.51. The van der Waals surface area contributed by atoms with Crippen molar-refractivity contribution in [3.8, 4) is 0 Å². The van der Waals surface area contributed by atoms with Crippen LogP contribution < -0.4 is 10.2 Å². The van der Waals surface area contributed by atoms with Crippen molar-refractivity contribution < 1.29 is 17.4 Å². The van der Waals surface area contributed by atoms with Gasteiger partial charge in [0, 0.05) is 49.6 Å². The summed E-state index contributed by atoms with van der Waals surface area (Å²) in [5.74, 6) is 0.740. The minimum atomic E-state index is -3.71. The first-order valence-electron chi connectivity index (χ1n) is 13.7. The Kier molecular flexibility index (Phi) is 8.01. The van der Waals surface area contributed by atoms with Gasteiger partial charge < -0.3 is 10.2 Å². The van der Waals surface area contributed by atoms with Gasteiger partial charge in [-0.05, 0) is 59.6 Å². The number of benzene rings is 2. The second-order valence-electron chi connectivity index (χ2n) is 11.3. The number of carbonyl (C=O) groups is 1. The summed E-state index contributed by atoms with van der Waals surface area (Å²) in [6.07, 6.45) is 1.95. The smallest absolute Gasteiger partial charge is 0.265 e. The molecule has 2 heterocycles. The van der Waals surface area contributed by atoms with Crippen molar-refractivity contribution in [2.24, 2.45) is 0 Å². The number of aromatic nitrogens is 1. The van der Waals surface area contributed by atoms with Crippen molar-refractivity contribution in [3.63, 3.8) is 0 Å². The van der Waals surface area contributed by atoms with Crippen LogP contribution in [0.25, 0.3) is 10.1 Å². The number of nitrogens with one attached hydrogen (secondary N) is 1. The van der Waals surface area contributed by atoms with Gasteiger partial charge in [-0.25, -0.2) is 0 Å². The molecule has 1 amide bonds. The summed E-state index contributed by atoms with van der Waals surface area (Å²) in [6.45, 7) is 11.0. The van der Waals surface area contributed by atoms with Gasteiger partial charge in [-0.3, -0.25) is 13.9 Å². The minimum Gasteiger partial charge on any atom is -0.353 e. The lowest BCUT2D eigenvalue weighted by molar-refractivity contribution is -0.129. The van der Waals surface area contributed by atoms with Gasteiger partial charge in [0.15, 0.2) is 6.10 Å². The zero-order valence-electron chi connectivity index (χ0n) is 23.1. The topological polar surface area (TPSA) is 91.8 Å². The number of amides is 1. The molecule has 1 aromatic heterocycles. The van der Waals surface area contributed by atoms with Crippen LogP contribution >= 0.6 is 11.5 Å². The molecule has 3 aromatic rings. The van der Waals surface area contributed by atoms with Gasteiger partial charge in [0.2, 0.25) is 0 Å². The Morgan fingerprint density at radius 2 is 1.92 bits per heavy atom. The molecular weight excluding hydrogens is 532 g/mol. The second-order valence-corrected chi connectivity index (χ2v) is 13.7. The van der Waals surface area contributed by atoms with E-state index in [4.69, 9.17) is 8.56 Å². The lowest BCUT2D eigenvalue weighted by atomic mass is 9.82. The summed E-state index contributed by atoms with van der Waals surface area (Å²) in [5, 5.41) is 4.32. The Labute approximate surface area is 235 Å². The fourth-order valence-electron chi connectivity index (χ4n) is 5.80. The third kappa shape index (κ3) is 6.14. The fourth-order valence-corrected chi connectivity index (χ4v) is 7.24. The van der Waals surface area contributed by atoms with E-state index in [9.17, 15) is 13.2 Å². The summed E-state index contributed by atoms with van der Waals surface area (Å²) in [4.78, 5) is 17.8. The van der Waals surface area contributed by atoms with Crippen LogP contribution in [-0.4, -0.2) is 74.7 Å². The molecule has 1 fully saturated rings. The second kappa shape index (κ2) is 11.2. The molecule has 8 nitrogen and oxygen atoms in total. The average Bonchev–Trinajstić information content (AvgIpc) is 3.44. The van der Waals surface area contributed by atoms with E-state index in [0.29, 0.717) is 0 Å². The van der Waals surface area contributed by atoms with Crippen LogP contribution in [0.4, 0.5) is 5.82 Å². The van der Waals surface area contributed by atoms with Crippen LogP contribution in [0.5, 0.6) is 0 Å². The van der Waals surface area contributed by atoms with Crippen LogP contribution in [0, 0.1) is 0 Å². The molecule has 39 heavy (non-hydrogen) atoms. The molecule has 0 radical (unpaired) electrons. The summed E-state index contributed by atoms with van der Waals surface area (Å²) >= 11 is 1.57. The Hall–Kier alpha value is -2.53. The summed E-state index contributed by atoms with van der Waals surface area (Å²) in [6, 6.07) is 15.0. The predicted octanol–water partition coefficient (Wildman–Crippen LogP) is 3.73. The number of fused-ring (bicyclic) bond motifs is 2. The highest BCUT2D eigenvalue weighted by Gasteiger charge is 2.41. The number of nitrogens with zero attached hydrogens (tertiary/aromatic N) is 3. The lowest BCUT2D eigenvalue weighted by Crippen LogP contribution is -2.49. The zero-order chi connectivity index (χ0) is 27.8. The molecule has 0 spiro atoms. The maximum absolute atomic E-state index is 12.8. The van der Waals surface area contributed by atoms with E-state index in [-0.39, 0.29) is 23.8 Å². The monoisotopic (exact) mass is 570 g/mol. The molecule has 10 heteroatoms. The van der Waals surface area contributed by atoms with Crippen LogP contribution in [0.2, 0.25) is 0 Å². The van der Waals surface area contributed by atoms with Crippen molar-refractivity contribution in [1.82, 2.24) is 14.6 Å². The number of hydrogen-bond donors (Lipinski definition) is 1. The lowest BCUT2D eigenvalue weighted by Gasteiger charge is -2.35. The van der Waals surface area contributed by atoms with Gasteiger partial charge in [-0.1, -0.05) is 51.1 Å². The van der Waals surface area contributed by atoms with E-state index in [1.807, 2.05) is 0 Å². The Morgan fingerprint density at radius 3 is 2.64 bits per heavy atom. The van der Waals surface area contributed by atoms with E-state index in [1.54, 1.807) is 18.5 Å². The Bertz CT molecular complexity index is 1440. The third-order valence-electron chi connectivity index (χ3n) is 8.18. The predicted molar refractivity (Wildman–Crippen MR) is 157 cm³/mol. The van der Waals surface area contributed by atoms with Crippen molar-refractivity contribution in [3.05, 3.63) is 59.2 Å². The quantitative estimate of drug-likeness (QED) is 0.392. The molecule has 2 aliphatic rings. The number of piperazine rings is 1. The molecule has 1 aliphatic carbocycles. The van der Waals surface area contributed by atoms with Crippen LogP contribution in [0.3, 0.4) is 0 Å². The highest BCUT2D eigenvalue weighted by molar-refractivity contribution is 7.86. The van der Waals surface area contributed by atoms with Gasteiger partial charge in [0.25, 0.3) is 16.0 Å². The van der Waals surface area contributed by atoms with Gasteiger partial charge >= 0.3 is 0 Å². The molecule has 2 aromatic carbocycles. The van der Waals surface area contributed by atoms with E-state index >= 15 is 0 Å². The van der Waals surface area contributed by atoms with E-state index < -0.39 is 16.2 Å². The SMILES string of the molecule is CCC(OS(C)(=O)=O)C(=O)NC1Cc2ccc(CCN3CCN(c4nsc5ccccc45)CC3)cc2C1(C)C. The molecule has 0 saturated carbocycles. The Balaban J connectivity index is 1.17. The molecule has 2 atom stereocenters. The minimum absolute atomic E-state index is 0.123. The van der Waals surface area contributed by atoms with Crippen molar-refractivity contribution >= 4 is 43.5 Å². The summed E-state index contributed by atoms with van der Waals surface area (Å²) < 4.78 is 34.1. The maximum atomic E-state index is 12.8. The van der Waals surface area contributed by atoms with E-state index in [0.717, 1.165) is 57.6 Å². The molecule has 2 unspecified atom stereocenters. The molecule has 1 saturated heterocycles. The first-order valence-corrected chi connectivity index (χ1v) is 16.3. The molecular formula is C29H38N4O4S2. The highest BCUT2D eigenvalue weighted by atomic mass is 32.2. The van der Waals surface area contributed by atoms with Crippen molar-refractivity contribution in [2.45, 2.75) is 57.6 Å². The molecule has 1 aliphatic heterocycles. The van der Waals surface area contributed by atoms with E-state index in [1.165, 1.54) is 26.8 Å². The van der Waals surface area contributed by atoms with Gasteiger partial charge in [0.1, 0.15) is 5.82 Å². The van der Waals surface area contributed by atoms with Crippen LogP contribution in [-0.2, 0) is 37.4 Å². The molecule has 0 bridgehead atoms. The van der Waals surface area contributed by atoms with Crippen molar-refractivity contribution in [2.75, 3.05) is 43.9 Å². The fraction of sp³-hybridized carbons (Fsp3) is 0.517. The normalized spacial score (nSPS) is 20.2. The Morgan fingerprint density at radius 1 is 1.18 bits per heavy atom. The molecule has 210 valence electrons. The largest absolute Gasteiger partial charge is 0.353 e. The number of carbonyl (C=O) groups excluding carboxylic acids is 1. The maximum Gasteiger partial charge on any atom is 0.265 e. The first-order chi connectivity index (χ1) is 18.5. The zero-order valence-corrected chi connectivity index (χ0v) is 24.8. The standard InChI is InChI=1S/C29H38N4O4S2/c1-5-24(37-39(4,35)36)28(34)30-26-19-21-11-10-20(18-23(21)29(26,2)3)12-13-32-14-16-33(17-15-32)27-22-8-6-7-9-25(22)38-31-27/h6-11,18,24,26H,5,12-17,19H2,1-4H3,(H,30,34). The van der Waals surface area contributed by atoms with Gasteiger partial charge in [-0.15, -0.1) is 0 Å². The van der Waals surface area contributed by atoms with Crippen molar-refractivity contribution in [1.29, 1.82) is 0 Å². The van der Waals surface area contributed by atoms with E-state index in [2.05, 4.69) is 71.4 Å². The highest BCUT2D eigenvalue weighted by Crippen LogP contribution is 2.39. The first kappa shape index (κ1) is 28.0. The number of hydrogen-bond acceptors (Lipinski definition) is 8. The third-order valence-corrected chi connectivity index (χ3v) is 9.58. The number of anilines is 1. The molecule has 1 N–H and O–H groups in total. The molecule has 5 rings (SSSR count). The van der Waals surface area contributed by atoms with Gasteiger partial charge in [-0.2, -0.15) is 12.8 Å². The summed E-state index contributed by atoms with van der Waals surface area (Å²) in [7, 11) is -3.71. The van der Waals surface area contributed by atoms with Gasteiger partial charge in [0.05, 0.1) is 11.0 Å². The number of rotatable bonds is 9. The van der Waals surface area contributed by atoms with Crippen LogP contribution in [0.15, 0.2) is 42.5 Å². The van der Waals surface area contributed by atoms with Crippen LogP contribution in [0.1, 0.15) is 43.9 Å². The average molecular weight is 571 g/mol.